The number of hydrogen-bond donors (Lipinski definition) is 3. The number of alkyl carbamates (subject to hydrolysis) is 1. The van der Waals surface area contributed by atoms with Gasteiger partial charge >= 0.3 is 6.09 Å². The van der Waals surface area contributed by atoms with E-state index in [-0.39, 0.29) is 18.2 Å². The van der Waals surface area contributed by atoms with Crippen molar-refractivity contribution in [2.45, 2.75) is 69.7 Å². The normalized spacial score (nSPS) is 18.5. The van der Waals surface area contributed by atoms with E-state index in [0.717, 1.165) is 16.7 Å². The summed E-state index contributed by atoms with van der Waals surface area (Å²) < 4.78 is 4.52. The van der Waals surface area contributed by atoms with Crippen LogP contribution in [0.3, 0.4) is 0 Å². The molecule has 1 unspecified atom stereocenters. The van der Waals surface area contributed by atoms with Crippen molar-refractivity contribution in [3.05, 3.63) is 71.3 Å². The van der Waals surface area contributed by atoms with Gasteiger partial charge in [-0.1, -0.05) is 60.5 Å². The zero-order chi connectivity index (χ0) is 27.9. The first-order valence-electron chi connectivity index (χ1n) is 12.5. The largest absolute Gasteiger partial charge is 0.433 e. The van der Waals surface area contributed by atoms with Gasteiger partial charge in [0, 0.05) is 11.3 Å². The Kier molecular flexibility index (Phi) is 9.84. The number of benzene rings is 2. The molecule has 0 aliphatic carbocycles. The number of rotatable bonds is 9. The van der Waals surface area contributed by atoms with Gasteiger partial charge in [-0.05, 0) is 50.8 Å². The fourth-order valence-electron chi connectivity index (χ4n) is 4.33. The maximum Gasteiger partial charge on any atom is 0.408 e. The summed E-state index contributed by atoms with van der Waals surface area (Å²) in [6, 6.07) is 15.1. The molecule has 9 heteroatoms. The second-order valence-corrected chi connectivity index (χ2v) is 11.4. The molecule has 1 heterocycles. The molecule has 1 fully saturated rings. The summed E-state index contributed by atoms with van der Waals surface area (Å²) in [5.41, 5.74) is 2.84. The number of hydrogen-bond acceptors (Lipinski definition) is 6. The van der Waals surface area contributed by atoms with Crippen LogP contribution in [0.25, 0.3) is 0 Å². The topological polar surface area (TPSA) is 108 Å². The summed E-state index contributed by atoms with van der Waals surface area (Å²) in [6.07, 6.45) is 2.23. The number of carbonyl (C=O) groups excluding carboxylic acids is 3. The van der Waals surface area contributed by atoms with E-state index in [1.807, 2.05) is 75.4 Å². The van der Waals surface area contributed by atoms with Gasteiger partial charge in [-0.15, -0.1) is 18.2 Å². The molecule has 0 aromatic heterocycles. The summed E-state index contributed by atoms with van der Waals surface area (Å²) in [5.74, 6) is 1.57. The second-order valence-electron chi connectivity index (χ2n) is 9.83. The first kappa shape index (κ1) is 29.1. The zero-order valence-electron chi connectivity index (χ0n) is 22.1. The first-order chi connectivity index (χ1) is 18.0. The van der Waals surface area contributed by atoms with Gasteiger partial charge in [0.25, 0.3) is 5.91 Å². The zero-order valence-corrected chi connectivity index (χ0v) is 23.0. The SMILES string of the molecule is C#CC(C)OC(=O)N[C@@H](Cc1ccccc1)[C@H](O)C(=O)N1CSC(C)(C)[C@H]1C(=O)NCc1ccccc1C. The minimum atomic E-state index is -1.62. The number of amides is 3. The highest BCUT2D eigenvalue weighted by Gasteiger charge is 2.49. The molecule has 0 saturated carbocycles. The quantitative estimate of drug-likeness (QED) is 0.425. The third-order valence-electron chi connectivity index (χ3n) is 6.55. The van der Waals surface area contributed by atoms with Crippen molar-refractivity contribution in [1.82, 2.24) is 15.5 Å². The highest BCUT2D eigenvalue weighted by Crippen LogP contribution is 2.40. The number of aryl methyl sites for hydroxylation is 1. The van der Waals surface area contributed by atoms with Gasteiger partial charge in [-0.25, -0.2) is 4.79 Å². The van der Waals surface area contributed by atoms with E-state index in [2.05, 4.69) is 16.6 Å². The van der Waals surface area contributed by atoms with Crippen LogP contribution < -0.4 is 10.6 Å². The molecule has 3 N–H and O–H groups in total. The van der Waals surface area contributed by atoms with E-state index < -0.39 is 41.0 Å². The highest BCUT2D eigenvalue weighted by atomic mass is 32.2. The minimum Gasteiger partial charge on any atom is -0.433 e. The molecule has 0 bridgehead atoms. The Labute approximate surface area is 228 Å². The molecule has 0 spiro atoms. The molecule has 3 rings (SSSR count). The summed E-state index contributed by atoms with van der Waals surface area (Å²) in [5, 5.41) is 16.8. The van der Waals surface area contributed by atoms with Crippen molar-refractivity contribution in [2.75, 3.05) is 5.88 Å². The van der Waals surface area contributed by atoms with Crippen molar-refractivity contribution in [3.63, 3.8) is 0 Å². The maximum atomic E-state index is 13.6. The van der Waals surface area contributed by atoms with E-state index >= 15 is 0 Å². The first-order valence-corrected chi connectivity index (χ1v) is 13.4. The molecule has 8 nitrogen and oxygen atoms in total. The molecule has 202 valence electrons. The van der Waals surface area contributed by atoms with Gasteiger partial charge < -0.3 is 25.4 Å². The Hall–Kier alpha value is -3.48. The lowest BCUT2D eigenvalue weighted by Gasteiger charge is -2.33. The molecule has 4 atom stereocenters. The smallest absolute Gasteiger partial charge is 0.408 e. The fourth-order valence-corrected chi connectivity index (χ4v) is 5.47. The van der Waals surface area contributed by atoms with Crippen LogP contribution >= 0.6 is 11.8 Å². The van der Waals surface area contributed by atoms with Crippen LogP contribution in [-0.4, -0.2) is 62.8 Å². The van der Waals surface area contributed by atoms with Crippen molar-refractivity contribution in [3.8, 4) is 12.3 Å². The van der Waals surface area contributed by atoms with Crippen LogP contribution in [0.1, 0.15) is 37.5 Å². The lowest BCUT2D eigenvalue weighted by atomic mass is 9.97. The van der Waals surface area contributed by atoms with Gasteiger partial charge in [0.2, 0.25) is 5.91 Å². The van der Waals surface area contributed by atoms with E-state index in [4.69, 9.17) is 11.2 Å². The molecular formula is C29H35N3O5S. The van der Waals surface area contributed by atoms with E-state index in [0.29, 0.717) is 6.54 Å². The summed E-state index contributed by atoms with van der Waals surface area (Å²) >= 11 is 1.45. The fraction of sp³-hybridized carbons (Fsp3) is 0.414. The third-order valence-corrected chi connectivity index (χ3v) is 7.92. The second kappa shape index (κ2) is 12.9. The summed E-state index contributed by atoms with van der Waals surface area (Å²) in [6.45, 7) is 7.63. The Morgan fingerprint density at radius 3 is 2.50 bits per heavy atom. The number of nitrogens with one attached hydrogen (secondary N) is 2. The van der Waals surface area contributed by atoms with E-state index in [1.54, 1.807) is 0 Å². The van der Waals surface area contributed by atoms with Gasteiger partial charge in [0.15, 0.2) is 12.2 Å². The number of aliphatic hydroxyl groups excluding tert-OH is 1. The number of terminal acetylenes is 1. The van der Waals surface area contributed by atoms with Gasteiger partial charge in [0.1, 0.15) is 6.04 Å². The third kappa shape index (κ3) is 7.30. The Morgan fingerprint density at radius 1 is 1.18 bits per heavy atom. The Balaban J connectivity index is 1.78. The number of carbonyl (C=O) groups is 3. The van der Waals surface area contributed by atoms with Crippen LogP contribution in [0, 0.1) is 19.3 Å². The van der Waals surface area contributed by atoms with Crippen molar-refractivity contribution in [1.29, 1.82) is 0 Å². The van der Waals surface area contributed by atoms with E-state index in [9.17, 15) is 19.5 Å². The molecular weight excluding hydrogens is 502 g/mol. The average molecular weight is 538 g/mol. The number of nitrogens with zero attached hydrogens (tertiary/aromatic N) is 1. The molecule has 1 aliphatic heterocycles. The summed E-state index contributed by atoms with van der Waals surface area (Å²) in [7, 11) is 0. The molecule has 3 amide bonds. The van der Waals surface area contributed by atoms with E-state index in [1.165, 1.54) is 23.6 Å². The Bertz CT molecular complexity index is 1180. The average Bonchev–Trinajstić information content (AvgIpc) is 3.22. The van der Waals surface area contributed by atoms with Crippen LogP contribution in [0.5, 0.6) is 0 Å². The van der Waals surface area contributed by atoms with Crippen LogP contribution in [0.15, 0.2) is 54.6 Å². The number of ether oxygens (including phenoxy) is 1. The number of aliphatic hydroxyl groups is 1. The van der Waals surface area contributed by atoms with Crippen molar-refractivity contribution in [2.24, 2.45) is 0 Å². The predicted octanol–water partition coefficient (Wildman–Crippen LogP) is 3.01. The number of thioether (sulfide) groups is 1. The molecule has 2 aromatic carbocycles. The highest BCUT2D eigenvalue weighted by molar-refractivity contribution is 8.00. The van der Waals surface area contributed by atoms with Crippen LogP contribution in [0.4, 0.5) is 4.79 Å². The lowest BCUT2D eigenvalue weighted by Crippen LogP contribution is -2.58. The van der Waals surface area contributed by atoms with Gasteiger partial charge in [0.05, 0.1) is 11.9 Å². The monoisotopic (exact) mass is 537 g/mol. The van der Waals surface area contributed by atoms with Crippen LogP contribution in [0.2, 0.25) is 0 Å². The molecule has 2 aromatic rings. The standard InChI is InChI=1S/C29H35N3O5S/c1-6-20(3)37-28(36)31-23(16-21-13-8-7-9-14-21)24(33)27(35)32-18-38-29(4,5)25(32)26(34)30-17-22-15-11-10-12-19(22)2/h1,7-15,20,23-25,33H,16-18H2,2-5H3,(H,30,34)(H,31,36)/t20?,23-,24-,25+/m0/s1. The maximum absolute atomic E-state index is 13.6. The lowest BCUT2D eigenvalue weighted by molar-refractivity contribution is -0.147. The molecule has 1 saturated heterocycles. The summed E-state index contributed by atoms with van der Waals surface area (Å²) in [4.78, 5) is 40.8. The van der Waals surface area contributed by atoms with Crippen molar-refractivity contribution >= 4 is 29.7 Å². The van der Waals surface area contributed by atoms with Crippen molar-refractivity contribution < 1.29 is 24.2 Å². The van der Waals surface area contributed by atoms with Gasteiger partial charge in [-0.2, -0.15) is 0 Å². The molecule has 0 radical (unpaired) electrons. The minimum absolute atomic E-state index is 0.168. The Morgan fingerprint density at radius 2 is 1.84 bits per heavy atom. The molecule has 38 heavy (non-hydrogen) atoms. The van der Waals surface area contributed by atoms with Gasteiger partial charge in [-0.3, -0.25) is 9.59 Å². The van der Waals surface area contributed by atoms with Crippen LogP contribution in [-0.2, 0) is 27.3 Å². The molecule has 1 aliphatic rings. The predicted molar refractivity (Wildman–Crippen MR) is 148 cm³/mol.